The number of halogens is 4. The molecule has 2 aliphatic rings. The zero-order chi connectivity index (χ0) is 18.9. The van der Waals surface area contributed by atoms with Crippen molar-refractivity contribution in [3.63, 3.8) is 0 Å². The van der Waals surface area contributed by atoms with E-state index < -0.39 is 23.6 Å². The molecule has 1 saturated heterocycles. The number of carbonyl (C=O) groups is 2. The lowest BCUT2D eigenvalue weighted by atomic mass is 9.97. The molecule has 1 saturated carbocycles. The lowest BCUT2D eigenvalue weighted by Crippen LogP contribution is -2.48. The normalized spacial score (nSPS) is 20.6. The molecule has 0 bridgehead atoms. The van der Waals surface area contributed by atoms with Crippen molar-refractivity contribution in [3.8, 4) is 0 Å². The summed E-state index contributed by atoms with van der Waals surface area (Å²) in [4.78, 5) is 26.2. The smallest absolute Gasteiger partial charge is 0.335 e. The van der Waals surface area contributed by atoms with Crippen LogP contribution in [-0.4, -0.2) is 36.0 Å². The maximum atomic E-state index is 12.8. The third-order valence-electron chi connectivity index (χ3n) is 4.54. The minimum absolute atomic E-state index is 0.0329. The summed E-state index contributed by atoms with van der Waals surface area (Å²) >= 11 is 5.92. The molecule has 1 heterocycles. The molecule has 3 amide bonds. The molecule has 1 atom stereocenters. The number of rotatable bonds is 3. The lowest BCUT2D eigenvalue weighted by Gasteiger charge is -2.32. The zero-order valence-electron chi connectivity index (χ0n) is 13.9. The van der Waals surface area contributed by atoms with E-state index in [1.807, 2.05) is 0 Å². The molecule has 0 radical (unpaired) electrons. The van der Waals surface area contributed by atoms with Crippen LogP contribution in [0.5, 0.6) is 0 Å². The van der Waals surface area contributed by atoms with Crippen molar-refractivity contribution in [2.24, 2.45) is 5.92 Å². The van der Waals surface area contributed by atoms with Crippen LogP contribution in [0.3, 0.4) is 0 Å². The Labute approximate surface area is 153 Å². The van der Waals surface area contributed by atoms with E-state index in [1.54, 1.807) is 4.90 Å². The number of urea groups is 1. The van der Waals surface area contributed by atoms with E-state index in [0.717, 1.165) is 31.0 Å². The van der Waals surface area contributed by atoms with Gasteiger partial charge in [0.2, 0.25) is 5.91 Å². The second-order valence-corrected chi connectivity index (χ2v) is 7.10. The average Bonchev–Trinajstić information content (AvgIpc) is 3.40. The predicted octanol–water partition coefficient (Wildman–Crippen LogP) is 3.88. The molecule has 2 N–H and O–H groups in total. The number of likely N-dealkylation sites (tertiary alicyclic amines) is 1. The van der Waals surface area contributed by atoms with Crippen molar-refractivity contribution >= 4 is 29.2 Å². The molecule has 5 nitrogen and oxygen atoms in total. The van der Waals surface area contributed by atoms with Crippen molar-refractivity contribution < 1.29 is 22.8 Å². The van der Waals surface area contributed by atoms with Crippen LogP contribution >= 0.6 is 11.6 Å². The molecule has 1 unspecified atom stereocenters. The molecule has 1 aromatic carbocycles. The Morgan fingerprint density at radius 1 is 1.19 bits per heavy atom. The molecule has 3 rings (SSSR count). The molecule has 26 heavy (non-hydrogen) atoms. The van der Waals surface area contributed by atoms with Crippen LogP contribution in [0, 0.1) is 5.92 Å². The quantitative estimate of drug-likeness (QED) is 0.824. The lowest BCUT2D eigenvalue weighted by molar-refractivity contribution is -0.137. The van der Waals surface area contributed by atoms with Crippen LogP contribution < -0.4 is 10.6 Å². The summed E-state index contributed by atoms with van der Waals surface area (Å²) in [5.41, 5.74) is -0.961. The fraction of sp³-hybridized carbons (Fsp3) is 0.529. The summed E-state index contributed by atoms with van der Waals surface area (Å²) in [5.74, 6) is -0.922. The van der Waals surface area contributed by atoms with Crippen molar-refractivity contribution in [3.05, 3.63) is 28.8 Å². The third kappa shape index (κ3) is 4.60. The fourth-order valence-electron chi connectivity index (χ4n) is 2.90. The molecule has 1 aromatic rings. The number of carbonyl (C=O) groups excluding carboxylic acids is 2. The molecule has 2 fully saturated rings. The molecule has 0 aromatic heterocycles. The SMILES string of the molecule is O=C(Nc1cc(C(F)(F)F)ccc1Cl)C1CCCN(C(=O)NC2CC2)C1. The van der Waals surface area contributed by atoms with Gasteiger partial charge in [-0.2, -0.15) is 13.2 Å². The van der Waals surface area contributed by atoms with Crippen molar-refractivity contribution in [1.29, 1.82) is 0 Å². The maximum Gasteiger partial charge on any atom is 0.416 e. The van der Waals surface area contributed by atoms with Gasteiger partial charge in [-0.3, -0.25) is 4.79 Å². The van der Waals surface area contributed by atoms with Crippen molar-refractivity contribution in [2.45, 2.75) is 37.9 Å². The largest absolute Gasteiger partial charge is 0.416 e. The van der Waals surface area contributed by atoms with Gasteiger partial charge < -0.3 is 15.5 Å². The summed E-state index contributed by atoms with van der Waals surface area (Å²) in [6.45, 7) is 0.799. The number of piperidine rings is 1. The molecule has 142 valence electrons. The van der Waals surface area contributed by atoms with E-state index >= 15 is 0 Å². The number of nitrogens with zero attached hydrogens (tertiary/aromatic N) is 1. The molecule has 0 spiro atoms. The van der Waals surface area contributed by atoms with Crippen LogP contribution in [0.2, 0.25) is 5.02 Å². The standard InChI is InChI=1S/C17H19ClF3N3O2/c18-13-6-3-11(17(19,20)21)8-14(13)23-15(25)10-2-1-7-24(9-10)16(26)22-12-4-5-12/h3,6,8,10,12H,1-2,4-5,7,9H2,(H,22,26)(H,23,25). The van der Waals surface area contributed by atoms with Crippen LogP contribution in [0.15, 0.2) is 18.2 Å². The molecular weight excluding hydrogens is 371 g/mol. The number of hydrogen-bond donors (Lipinski definition) is 2. The van der Waals surface area contributed by atoms with Gasteiger partial charge in [0.05, 0.1) is 22.2 Å². The van der Waals surface area contributed by atoms with Gasteiger partial charge in [0.25, 0.3) is 0 Å². The predicted molar refractivity (Wildman–Crippen MR) is 90.9 cm³/mol. The number of amides is 3. The van der Waals surface area contributed by atoms with Gasteiger partial charge >= 0.3 is 12.2 Å². The molecule has 1 aliphatic heterocycles. The van der Waals surface area contributed by atoms with Gasteiger partial charge in [-0.25, -0.2) is 4.79 Å². The fourth-order valence-corrected chi connectivity index (χ4v) is 3.07. The highest BCUT2D eigenvalue weighted by molar-refractivity contribution is 6.33. The first-order valence-corrected chi connectivity index (χ1v) is 8.85. The Bertz CT molecular complexity index is 707. The highest BCUT2D eigenvalue weighted by Gasteiger charge is 2.33. The van der Waals surface area contributed by atoms with Crippen LogP contribution in [-0.2, 0) is 11.0 Å². The average molecular weight is 390 g/mol. The minimum Gasteiger partial charge on any atom is -0.335 e. The van der Waals surface area contributed by atoms with Crippen LogP contribution in [0.1, 0.15) is 31.2 Å². The van der Waals surface area contributed by atoms with E-state index in [1.165, 1.54) is 0 Å². The zero-order valence-corrected chi connectivity index (χ0v) is 14.7. The number of hydrogen-bond acceptors (Lipinski definition) is 2. The highest BCUT2D eigenvalue weighted by atomic mass is 35.5. The summed E-state index contributed by atoms with van der Waals surface area (Å²) in [6.07, 6.45) is -1.36. The van der Waals surface area contributed by atoms with E-state index in [9.17, 15) is 22.8 Å². The Morgan fingerprint density at radius 3 is 2.58 bits per heavy atom. The van der Waals surface area contributed by atoms with Gasteiger partial charge in [-0.1, -0.05) is 11.6 Å². The monoisotopic (exact) mass is 389 g/mol. The van der Waals surface area contributed by atoms with Gasteiger partial charge in [0, 0.05) is 19.1 Å². The molecule has 1 aliphatic carbocycles. The number of alkyl halides is 3. The van der Waals surface area contributed by atoms with E-state index in [2.05, 4.69) is 10.6 Å². The van der Waals surface area contributed by atoms with E-state index in [-0.39, 0.29) is 29.3 Å². The van der Waals surface area contributed by atoms with Crippen LogP contribution in [0.25, 0.3) is 0 Å². The minimum atomic E-state index is -4.52. The van der Waals surface area contributed by atoms with E-state index in [4.69, 9.17) is 11.6 Å². The first-order valence-electron chi connectivity index (χ1n) is 8.47. The Hall–Kier alpha value is -1.96. The maximum absolute atomic E-state index is 12.8. The van der Waals surface area contributed by atoms with E-state index in [0.29, 0.717) is 19.4 Å². The molecule has 9 heteroatoms. The number of anilines is 1. The number of benzene rings is 1. The van der Waals surface area contributed by atoms with Crippen molar-refractivity contribution in [2.75, 3.05) is 18.4 Å². The number of nitrogens with one attached hydrogen (secondary N) is 2. The third-order valence-corrected chi connectivity index (χ3v) is 4.87. The summed E-state index contributed by atoms with van der Waals surface area (Å²) in [5, 5.41) is 5.38. The van der Waals surface area contributed by atoms with Gasteiger partial charge in [0.1, 0.15) is 0 Å². The summed E-state index contributed by atoms with van der Waals surface area (Å²) < 4.78 is 38.5. The Balaban J connectivity index is 1.64. The first-order chi connectivity index (χ1) is 12.2. The topological polar surface area (TPSA) is 61.4 Å². The second-order valence-electron chi connectivity index (χ2n) is 6.69. The van der Waals surface area contributed by atoms with Crippen LogP contribution in [0.4, 0.5) is 23.7 Å². The first kappa shape index (κ1) is 18.8. The Morgan fingerprint density at radius 2 is 1.92 bits per heavy atom. The Kier molecular flexibility index (Phi) is 5.32. The highest BCUT2D eigenvalue weighted by Crippen LogP contribution is 2.34. The van der Waals surface area contributed by atoms with Crippen molar-refractivity contribution in [1.82, 2.24) is 10.2 Å². The summed E-state index contributed by atoms with van der Waals surface area (Å²) in [6, 6.07) is 2.82. The summed E-state index contributed by atoms with van der Waals surface area (Å²) in [7, 11) is 0. The molecular formula is C17H19ClF3N3O2. The van der Waals surface area contributed by atoms with Gasteiger partial charge in [-0.05, 0) is 43.9 Å². The van der Waals surface area contributed by atoms with Gasteiger partial charge in [-0.15, -0.1) is 0 Å². The second kappa shape index (κ2) is 7.34. The van der Waals surface area contributed by atoms with Gasteiger partial charge in [0.15, 0.2) is 0 Å².